The van der Waals surface area contributed by atoms with Crippen LogP contribution >= 0.6 is 0 Å². The Balaban J connectivity index is 2.48. The van der Waals surface area contributed by atoms with Crippen LogP contribution in [0, 0.1) is 6.92 Å². The van der Waals surface area contributed by atoms with Crippen LogP contribution in [-0.4, -0.2) is 0 Å². The Morgan fingerprint density at radius 2 is 2.00 bits per heavy atom. The molecule has 0 N–H and O–H groups in total. The van der Waals surface area contributed by atoms with Crippen LogP contribution < -0.4 is 0 Å². The zero-order chi connectivity index (χ0) is 8.39. The van der Waals surface area contributed by atoms with E-state index in [4.69, 9.17) is 4.42 Å². The Bertz CT molecular complexity index is 360. The van der Waals surface area contributed by atoms with E-state index in [-0.39, 0.29) is 0 Å². The van der Waals surface area contributed by atoms with Gasteiger partial charge in [-0.1, -0.05) is 18.2 Å². The lowest BCUT2D eigenvalue weighted by atomic mass is 10.1. The summed E-state index contributed by atoms with van der Waals surface area (Å²) >= 11 is 0. The minimum absolute atomic E-state index is 0.889. The quantitative estimate of drug-likeness (QED) is 0.619. The summed E-state index contributed by atoms with van der Waals surface area (Å²) < 4.78 is 5.25. The van der Waals surface area contributed by atoms with Crippen molar-refractivity contribution in [3.05, 3.63) is 55.1 Å². The molecule has 0 fully saturated rings. The zero-order valence-corrected chi connectivity index (χ0v) is 6.66. The number of hydrogen-bond acceptors (Lipinski definition) is 1. The van der Waals surface area contributed by atoms with Crippen LogP contribution in [0.1, 0.15) is 5.56 Å². The lowest BCUT2D eigenvalue weighted by Gasteiger charge is -1.96. The monoisotopic (exact) mass is 157 g/mol. The number of hydrogen-bond donors (Lipinski definition) is 0. The number of rotatable bonds is 1. The van der Waals surface area contributed by atoms with E-state index in [9.17, 15) is 0 Å². The van der Waals surface area contributed by atoms with Gasteiger partial charge in [-0.15, -0.1) is 0 Å². The highest BCUT2D eigenvalue weighted by atomic mass is 16.3. The minimum Gasteiger partial charge on any atom is -0.464 e. The van der Waals surface area contributed by atoms with E-state index in [0.717, 1.165) is 16.9 Å². The molecule has 1 radical (unpaired) electrons. The molecule has 0 amide bonds. The van der Waals surface area contributed by atoms with Crippen LogP contribution in [0.2, 0.25) is 0 Å². The molecule has 12 heavy (non-hydrogen) atoms. The summed E-state index contributed by atoms with van der Waals surface area (Å²) in [5, 5.41) is 0. The molecule has 0 unspecified atom stereocenters. The highest BCUT2D eigenvalue weighted by Gasteiger charge is 1.98. The summed E-state index contributed by atoms with van der Waals surface area (Å²) in [6.45, 7) is 3.85. The van der Waals surface area contributed by atoms with Crippen molar-refractivity contribution in [2.45, 2.75) is 0 Å². The molecule has 0 bridgehead atoms. The van der Waals surface area contributed by atoms with Gasteiger partial charge < -0.3 is 4.42 Å². The van der Waals surface area contributed by atoms with Gasteiger partial charge in [0.25, 0.3) is 0 Å². The van der Waals surface area contributed by atoms with Crippen molar-refractivity contribution < 1.29 is 4.42 Å². The second-order valence-corrected chi connectivity index (χ2v) is 2.68. The first-order chi connectivity index (χ1) is 5.86. The van der Waals surface area contributed by atoms with Gasteiger partial charge in [0.15, 0.2) is 0 Å². The van der Waals surface area contributed by atoms with E-state index in [2.05, 4.69) is 6.92 Å². The molecule has 0 aliphatic heterocycles. The predicted molar refractivity (Wildman–Crippen MR) is 48.6 cm³/mol. The van der Waals surface area contributed by atoms with Gasteiger partial charge in [-0.05, 0) is 30.7 Å². The molecular formula is C11H9O. The fraction of sp³-hybridized carbons (Fsp3) is 0. The molecule has 0 saturated heterocycles. The maximum absolute atomic E-state index is 5.25. The Morgan fingerprint density at radius 3 is 2.67 bits per heavy atom. The number of furan rings is 1. The first-order valence-corrected chi connectivity index (χ1v) is 3.82. The molecule has 1 aromatic carbocycles. The second-order valence-electron chi connectivity index (χ2n) is 2.68. The van der Waals surface area contributed by atoms with Crippen molar-refractivity contribution in [1.82, 2.24) is 0 Å². The van der Waals surface area contributed by atoms with Gasteiger partial charge in [0.1, 0.15) is 5.76 Å². The third-order valence-electron chi connectivity index (χ3n) is 1.73. The highest BCUT2D eigenvalue weighted by Crippen LogP contribution is 2.19. The third kappa shape index (κ3) is 1.26. The highest BCUT2D eigenvalue weighted by molar-refractivity contribution is 5.58. The van der Waals surface area contributed by atoms with Crippen LogP contribution in [-0.2, 0) is 0 Å². The summed E-state index contributed by atoms with van der Waals surface area (Å²) in [4.78, 5) is 0. The van der Waals surface area contributed by atoms with E-state index in [0.29, 0.717) is 0 Å². The Kier molecular flexibility index (Phi) is 1.71. The van der Waals surface area contributed by atoms with Crippen molar-refractivity contribution in [2.24, 2.45) is 0 Å². The van der Waals surface area contributed by atoms with Gasteiger partial charge in [-0.3, -0.25) is 0 Å². The zero-order valence-electron chi connectivity index (χ0n) is 6.66. The summed E-state index contributed by atoms with van der Waals surface area (Å²) in [6, 6.07) is 11.8. The van der Waals surface area contributed by atoms with E-state index in [1.807, 2.05) is 36.4 Å². The standard InChI is InChI=1S/C11H9O/c1-9-4-2-5-10(8-9)11-6-3-7-12-11/h2-8H,1H2. The third-order valence-corrected chi connectivity index (χ3v) is 1.73. The fourth-order valence-electron chi connectivity index (χ4n) is 1.17. The van der Waals surface area contributed by atoms with Crippen molar-refractivity contribution >= 4 is 0 Å². The SMILES string of the molecule is [CH2]c1cccc(-c2ccco2)c1. The van der Waals surface area contributed by atoms with Crippen LogP contribution in [0.4, 0.5) is 0 Å². The molecule has 0 aliphatic carbocycles. The molecule has 59 valence electrons. The molecule has 1 nitrogen and oxygen atoms in total. The Hall–Kier alpha value is -1.50. The molecule has 1 aromatic heterocycles. The lowest BCUT2D eigenvalue weighted by Crippen LogP contribution is -1.74. The molecule has 2 rings (SSSR count). The van der Waals surface area contributed by atoms with Crippen LogP contribution in [0.15, 0.2) is 47.1 Å². The lowest BCUT2D eigenvalue weighted by molar-refractivity contribution is 0.582. The van der Waals surface area contributed by atoms with E-state index in [1.165, 1.54) is 0 Å². The molecule has 0 saturated carbocycles. The van der Waals surface area contributed by atoms with Crippen molar-refractivity contribution in [1.29, 1.82) is 0 Å². The van der Waals surface area contributed by atoms with Gasteiger partial charge in [-0.25, -0.2) is 0 Å². The van der Waals surface area contributed by atoms with Gasteiger partial charge in [0.05, 0.1) is 6.26 Å². The fourth-order valence-corrected chi connectivity index (χ4v) is 1.17. The smallest absolute Gasteiger partial charge is 0.133 e. The van der Waals surface area contributed by atoms with Crippen molar-refractivity contribution in [3.8, 4) is 11.3 Å². The second kappa shape index (κ2) is 2.86. The van der Waals surface area contributed by atoms with E-state index >= 15 is 0 Å². The van der Waals surface area contributed by atoms with Gasteiger partial charge in [0, 0.05) is 5.56 Å². The van der Waals surface area contributed by atoms with E-state index in [1.54, 1.807) is 6.26 Å². The molecule has 1 heteroatoms. The summed E-state index contributed by atoms with van der Waals surface area (Å²) in [5.74, 6) is 0.889. The first kappa shape index (κ1) is 7.17. The first-order valence-electron chi connectivity index (χ1n) is 3.82. The Morgan fingerprint density at radius 1 is 1.08 bits per heavy atom. The maximum Gasteiger partial charge on any atom is 0.133 e. The van der Waals surface area contributed by atoms with Crippen molar-refractivity contribution in [3.63, 3.8) is 0 Å². The summed E-state index contributed by atoms with van der Waals surface area (Å²) in [5.41, 5.74) is 2.08. The average molecular weight is 157 g/mol. The number of benzene rings is 1. The topological polar surface area (TPSA) is 13.1 Å². The molecular weight excluding hydrogens is 148 g/mol. The summed E-state index contributed by atoms with van der Waals surface area (Å²) in [7, 11) is 0. The molecule has 2 aromatic rings. The van der Waals surface area contributed by atoms with Gasteiger partial charge >= 0.3 is 0 Å². The normalized spacial score (nSPS) is 10.1. The van der Waals surface area contributed by atoms with Gasteiger partial charge in [0.2, 0.25) is 0 Å². The molecule has 0 spiro atoms. The average Bonchev–Trinajstić information content (AvgIpc) is 2.56. The largest absolute Gasteiger partial charge is 0.464 e. The van der Waals surface area contributed by atoms with Crippen LogP contribution in [0.3, 0.4) is 0 Å². The minimum atomic E-state index is 0.889. The molecule has 0 atom stereocenters. The molecule has 1 heterocycles. The van der Waals surface area contributed by atoms with Crippen LogP contribution in [0.25, 0.3) is 11.3 Å². The summed E-state index contributed by atoms with van der Waals surface area (Å²) in [6.07, 6.45) is 1.67. The Labute approximate surface area is 71.6 Å². The van der Waals surface area contributed by atoms with E-state index < -0.39 is 0 Å². The predicted octanol–water partition coefficient (Wildman–Crippen LogP) is 3.13. The van der Waals surface area contributed by atoms with Crippen molar-refractivity contribution in [2.75, 3.05) is 0 Å². The maximum atomic E-state index is 5.25. The molecule has 0 aliphatic rings. The van der Waals surface area contributed by atoms with Crippen LogP contribution in [0.5, 0.6) is 0 Å². The van der Waals surface area contributed by atoms with Gasteiger partial charge in [-0.2, -0.15) is 0 Å².